The lowest BCUT2D eigenvalue weighted by atomic mass is 10.3. The van der Waals surface area contributed by atoms with Gasteiger partial charge in [-0.3, -0.25) is 4.79 Å². The van der Waals surface area contributed by atoms with Crippen LogP contribution in [0.3, 0.4) is 0 Å². The summed E-state index contributed by atoms with van der Waals surface area (Å²) in [6.07, 6.45) is 4.76. The number of hydrogen-bond donors (Lipinski definition) is 1. The Kier molecular flexibility index (Phi) is 1.48. The maximum Gasteiger partial charge on any atom is 0.242 e. The normalized spacial score (nSPS) is 18.6. The lowest BCUT2D eigenvalue weighted by Gasteiger charge is -1.90. The standard InChI is InChI=1S/C5H6NOS/c7-5-2-1-3-6(8)4-5/h1-2,4,8H,3H2/q+1. The number of carbonyl (C=O) groups is 1. The maximum absolute atomic E-state index is 10.4. The topological polar surface area (TPSA) is 20.1 Å². The highest BCUT2D eigenvalue weighted by molar-refractivity contribution is 7.73. The summed E-state index contributed by atoms with van der Waals surface area (Å²) in [5.74, 6) is 0.00579. The molecule has 0 unspecified atom stereocenters. The van der Waals surface area contributed by atoms with E-state index < -0.39 is 0 Å². The van der Waals surface area contributed by atoms with Gasteiger partial charge in [0.2, 0.25) is 12.0 Å². The summed E-state index contributed by atoms with van der Waals surface area (Å²) in [4.78, 5) is 10.4. The number of rotatable bonds is 0. The zero-order valence-corrected chi connectivity index (χ0v) is 5.14. The first-order valence-corrected chi connectivity index (χ1v) is 2.70. The van der Waals surface area contributed by atoms with Gasteiger partial charge in [0.25, 0.3) is 0 Å². The van der Waals surface area contributed by atoms with Gasteiger partial charge < -0.3 is 0 Å². The van der Waals surface area contributed by atoms with Gasteiger partial charge in [0, 0.05) is 0 Å². The van der Waals surface area contributed by atoms with E-state index in [4.69, 9.17) is 0 Å². The summed E-state index contributed by atoms with van der Waals surface area (Å²) in [7, 11) is 0. The molecule has 0 fully saturated rings. The first-order chi connectivity index (χ1) is 3.79. The van der Waals surface area contributed by atoms with Gasteiger partial charge in [-0.15, -0.1) is 0 Å². The quantitative estimate of drug-likeness (QED) is 0.361. The minimum Gasteiger partial charge on any atom is -0.283 e. The molecule has 0 bridgehead atoms. The van der Waals surface area contributed by atoms with E-state index in [2.05, 4.69) is 12.8 Å². The molecule has 0 radical (unpaired) electrons. The van der Waals surface area contributed by atoms with Crippen LogP contribution < -0.4 is 0 Å². The molecule has 0 saturated heterocycles. The molecule has 0 amide bonds. The van der Waals surface area contributed by atoms with Gasteiger partial charge in [0.1, 0.15) is 12.8 Å². The minimum atomic E-state index is 0.00579. The van der Waals surface area contributed by atoms with Gasteiger partial charge in [0.15, 0.2) is 6.54 Å². The summed E-state index contributed by atoms with van der Waals surface area (Å²) >= 11 is 3.93. The summed E-state index contributed by atoms with van der Waals surface area (Å²) < 4.78 is 1.54. The molecule has 0 aliphatic carbocycles. The predicted octanol–water partition coefficient (Wildman–Crippen LogP) is 0.0534. The van der Waals surface area contributed by atoms with Crippen molar-refractivity contribution < 1.29 is 8.78 Å². The average Bonchev–Trinajstić information content (AvgIpc) is 1.64. The van der Waals surface area contributed by atoms with Crippen LogP contribution in [-0.2, 0) is 4.79 Å². The molecule has 0 aromatic carbocycles. The number of ketones is 1. The average molecular weight is 128 g/mol. The lowest BCUT2D eigenvalue weighted by Crippen LogP contribution is -2.12. The number of nitrogens with zero attached hydrogens (tertiary/aromatic N) is 1. The Hall–Kier alpha value is -0.570. The Labute approximate surface area is 53.1 Å². The van der Waals surface area contributed by atoms with Crippen molar-refractivity contribution in [3.63, 3.8) is 0 Å². The molecule has 0 spiro atoms. The Morgan fingerprint density at radius 2 is 2.50 bits per heavy atom. The Balaban J connectivity index is 2.74. The number of hydrogen-bond acceptors (Lipinski definition) is 2. The van der Waals surface area contributed by atoms with Gasteiger partial charge in [0.05, 0.1) is 0 Å². The molecule has 2 nitrogen and oxygen atoms in total. The van der Waals surface area contributed by atoms with E-state index in [1.54, 1.807) is 10.1 Å². The third-order valence-electron chi connectivity index (χ3n) is 0.851. The van der Waals surface area contributed by atoms with Crippen LogP contribution in [0, 0.1) is 0 Å². The Morgan fingerprint density at radius 1 is 1.75 bits per heavy atom. The molecule has 0 saturated carbocycles. The molecule has 0 aromatic rings. The van der Waals surface area contributed by atoms with Crippen molar-refractivity contribution >= 4 is 24.8 Å². The van der Waals surface area contributed by atoms with Gasteiger partial charge in [-0.25, -0.2) is 0 Å². The van der Waals surface area contributed by atoms with Crippen LogP contribution in [-0.4, -0.2) is 22.5 Å². The van der Waals surface area contributed by atoms with E-state index in [-0.39, 0.29) is 5.78 Å². The monoisotopic (exact) mass is 128 g/mol. The summed E-state index contributed by atoms with van der Waals surface area (Å²) in [6.45, 7) is 0.717. The molecule has 8 heavy (non-hydrogen) atoms. The molecule has 1 heterocycles. The predicted molar refractivity (Wildman–Crippen MR) is 34.3 cm³/mol. The number of carbonyl (C=O) groups excluding carboxylic acids is 1. The fraction of sp³-hybridized carbons (Fsp3) is 0.200. The Bertz CT molecular complexity index is 171. The second kappa shape index (κ2) is 2.13. The van der Waals surface area contributed by atoms with Crippen molar-refractivity contribution in [2.24, 2.45) is 0 Å². The van der Waals surface area contributed by atoms with Crippen molar-refractivity contribution in [2.75, 3.05) is 6.54 Å². The molecule has 1 aliphatic rings. The summed E-state index contributed by atoms with van der Waals surface area (Å²) in [5.41, 5.74) is 0. The summed E-state index contributed by atoms with van der Waals surface area (Å²) in [5, 5.41) is 0. The lowest BCUT2D eigenvalue weighted by molar-refractivity contribution is -0.323. The number of thiol groups is 1. The van der Waals surface area contributed by atoms with Crippen LogP contribution in [0.2, 0.25) is 0 Å². The number of allylic oxidation sites excluding steroid dienone is 1. The van der Waals surface area contributed by atoms with Gasteiger partial charge in [-0.05, 0) is 12.2 Å². The molecule has 0 atom stereocenters. The van der Waals surface area contributed by atoms with Gasteiger partial charge in [-0.2, -0.15) is 3.98 Å². The van der Waals surface area contributed by atoms with Crippen molar-refractivity contribution in [3.8, 4) is 0 Å². The fourth-order valence-electron chi connectivity index (χ4n) is 0.519. The molecule has 1 rings (SSSR count). The van der Waals surface area contributed by atoms with Crippen LogP contribution in [0.4, 0.5) is 0 Å². The van der Waals surface area contributed by atoms with Gasteiger partial charge in [-0.1, -0.05) is 0 Å². The first-order valence-electron chi connectivity index (χ1n) is 2.30. The summed E-state index contributed by atoms with van der Waals surface area (Å²) in [6, 6.07) is 0. The van der Waals surface area contributed by atoms with Crippen molar-refractivity contribution in [2.45, 2.75) is 0 Å². The smallest absolute Gasteiger partial charge is 0.242 e. The molecule has 0 N–H and O–H groups in total. The van der Waals surface area contributed by atoms with Gasteiger partial charge >= 0.3 is 0 Å². The van der Waals surface area contributed by atoms with E-state index in [0.717, 1.165) is 6.54 Å². The molecule has 0 aromatic heterocycles. The fourth-order valence-corrected chi connectivity index (χ4v) is 0.728. The third-order valence-corrected chi connectivity index (χ3v) is 1.13. The maximum atomic E-state index is 10.4. The molecular formula is C5H6NOS+. The SMILES string of the molecule is O=C1C=CC[N+](S)=C1. The highest BCUT2D eigenvalue weighted by Crippen LogP contribution is 1.88. The van der Waals surface area contributed by atoms with E-state index in [1.807, 2.05) is 0 Å². The highest BCUT2D eigenvalue weighted by Gasteiger charge is 2.04. The van der Waals surface area contributed by atoms with Crippen LogP contribution in [0.5, 0.6) is 0 Å². The van der Waals surface area contributed by atoms with E-state index in [0.29, 0.717) is 0 Å². The van der Waals surface area contributed by atoms with E-state index in [9.17, 15) is 4.79 Å². The van der Waals surface area contributed by atoms with Crippen LogP contribution in [0.15, 0.2) is 12.2 Å². The van der Waals surface area contributed by atoms with Crippen LogP contribution in [0.1, 0.15) is 0 Å². The zero-order chi connectivity index (χ0) is 5.98. The van der Waals surface area contributed by atoms with Crippen molar-refractivity contribution in [3.05, 3.63) is 12.2 Å². The van der Waals surface area contributed by atoms with Crippen molar-refractivity contribution in [1.29, 1.82) is 0 Å². The molecular weight excluding hydrogens is 122 g/mol. The van der Waals surface area contributed by atoms with Crippen LogP contribution in [0.25, 0.3) is 0 Å². The highest BCUT2D eigenvalue weighted by atomic mass is 32.1. The van der Waals surface area contributed by atoms with E-state index in [1.165, 1.54) is 12.3 Å². The Morgan fingerprint density at radius 3 is 2.88 bits per heavy atom. The molecule has 1 aliphatic heterocycles. The molecule has 42 valence electrons. The largest absolute Gasteiger partial charge is 0.283 e. The first kappa shape index (κ1) is 5.56. The zero-order valence-electron chi connectivity index (χ0n) is 4.24. The van der Waals surface area contributed by atoms with Crippen LogP contribution >= 0.6 is 12.8 Å². The third kappa shape index (κ3) is 1.20. The van der Waals surface area contributed by atoms with Crippen molar-refractivity contribution in [1.82, 2.24) is 0 Å². The second-order valence-electron chi connectivity index (χ2n) is 1.56. The molecule has 3 heteroatoms. The van der Waals surface area contributed by atoms with E-state index >= 15 is 0 Å². The minimum absolute atomic E-state index is 0.00579. The second-order valence-corrected chi connectivity index (χ2v) is 2.07.